The Morgan fingerprint density at radius 1 is 1.27 bits per heavy atom. The fraction of sp³-hybridized carbons (Fsp3) is 0.444. The Kier molecular flexibility index (Phi) is 5.20. The first-order valence-electron chi connectivity index (χ1n) is 8.50. The van der Waals surface area contributed by atoms with E-state index < -0.39 is 17.5 Å². The Bertz CT molecular complexity index is 777. The van der Waals surface area contributed by atoms with Crippen LogP contribution in [0.2, 0.25) is 0 Å². The molecule has 0 N–H and O–H groups in total. The molecule has 1 unspecified atom stereocenters. The minimum atomic E-state index is -0.804. The number of nitrogens with zero attached hydrogens (tertiary/aromatic N) is 4. The van der Waals surface area contributed by atoms with Gasteiger partial charge in [-0.05, 0) is 25.3 Å². The fourth-order valence-corrected chi connectivity index (χ4v) is 2.96. The Balaban J connectivity index is 1.58. The molecular weight excluding hydrogens is 336 g/mol. The van der Waals surface area contributed by atoms with Gasteiger partial charge in [0.2, 0.25) is 0 Å². The van der Waals surface area contributed by atoms with Crippen LogP contribution in [-0.4, -0.2) is 45.0 Å². The van der Waals surface area contributed by atoms with Crippen LogP contribution < -0.4 is 4.74 Å². The van der Waals surface area contributed by atoms with Crippen LogP contribution in [0.5, 0.6) is 5.88 Å². The molecule has 3 rings (SSSR count). The van der Waals surface area contributed by atoms with E-state index in [0.717, 1.165) is 5.56 Å². The van der Waals surface area contributed by atoms with Crippen LogP contribution in [0.4, 0.5) is 4.79 Å². The van der Waals surface area contributed by atoms with Crippen molar-refractivity contribution in [3.05, 3.63) is 42.1 Å². The molecule has 2 heterocycles. The molecule has 8 nitrogen and oxygen atoms in total. The van der Waals surface area contributed by atoms with Crippen LogP contribution in [0.3, 0.4) is 0 Å². The summed E-state index contributed by atoms with van der Waals surface area (Å²) in [5.74, 6) is -0.263. The highest BCUT2D eigenvalue weighted by molar-refractivity contribution is 5.80. The third-order valence-corrected chi connectivity index (χ3v) is 4.43. The first-order valence-corrected chi connectivity index (χ1v) is 8.50. The third-order valence-electron chi connectivity index (χ3n) is 4.43. The van der Waals surface area contributed by atoms with Crippen molar-refractivity contribution in [1.29, 1.82) is 0 Å². The summed E-state index contributed by atoms with van der Waals surface area (Å²) in [6, 6.07) is 9.48. The molecule has 1 saturated heterocycles. The zero-order valence-electron chi connectivity index (χ0n) is 14.9. The number of aromatic nitrogens is 3. The van der Waals surface area contributed by atoms with Crippen molar-refractivity contribution in [1.82, 2.24) is 19.9 Å². The van der Waals surface area contributed by atoms with Crippen molar-refractivity contribution in [2.24, 2.45) is 12.5 Å². The van der Waals surface area contributed by atoms with Gasteiger partial charge >= 0.3 is 12.1 Å². The lowest BCUT2D eigenvalue weighted by Crippen LogP contribution is -2.49. The van der Waals surface area contributed by atoms with Gasteiger partial charge in [-0.1, -0.05) is 30.3 Å². The lowest BCUT2D eigenvalue weighted by atomic mass is 9.82. The molecule has 0 saturated carbocycles. The molecule has 2 aromatic rings. The second-order valence-corrected chi connectivity index (χ2v) is 6.69. The number of rotatable bonds is 4. The largest absolute Gasteiger partial charge is 0.445 e. The van der Waals surface area contributed by atoms with Crippen molar-refractivity contribution in [2.45, 2.75) is 26.4 Å². The minimum absolute atomic E-state index is 0.155. The van der Waals surface area contributed by atoms with Gasteiger partial charge in [-0.15, -0.1) is 5.10 Å². The molecule has 1 aliphatic heterocycles. The lowest BCUT2D eigenvalue weighted by Gasteiger charge is -2.37. The number of piperidine rings is 1. The number of hydrogen-bond acceptors (Lipinski definition) is 6. The summed E-state index contributed by atoms with van der Waals surface area (Å²) in [6.07, 6.45) is 2.30. The molecular formula is C18H22N4O4. The Morgan fingerprint density at radius 2 is 2.04 bits per heavy atom. The molecule has 1 amide bonds. The number of esters is 1. The highest BCUT2D eigenvalue weighted by Gasteiger charge is 2.41. The van der Waals surface area contributed by atoms with Gasteiger partial charge in [-0.2, -0.15) is 9.90 Å². The number of ether oxygens (including phenoxy) is 2. The summed E-state index contributed by atoms with van der Waals surface area (Å²) in [5.41, 5.74) is 0.115. The second kappa shape index (κ2) is 7.55. The first kappa shape index (κ1) is 17.9. The van der Waals surface area contributed by atoms with Crippen LogP contribution >= 0.6 is 0 Å². The van der Waals surface area contributed by atoms with Crippen LogP contribution in [0.1, 0.15) is 25.3 Å². The molecule has 1 aliphatic rings. The summed E-state index contributed by atoms with van der Waals surface area (Å²) in [5, 5.41) is 7.83. The average Bonchev–Trinajstić information content (AvgIpc) is 3.05. The molecule has 1 aromatic carbocycles. The second-order valence-electron chi connectivity index (χ2n) is 6.69. The van der Waals surface area contributed by atoms with Crippen molar-refractivity contribution in [3.8, 4) is 5.88 Å². The Morgan fingerprint density at radius 3 is 2.73 bits per heavy atom. The highest BCUT2D eigenvalue weighted by atomic mass is 16.6. The number of aryl methyl sites for hydroxylation is 1. The van der Waals surface area contributed by atoms with Crippen molar-refractivity contribution in [2.75, 3.05) is 13.1 Å². The van der Waals surface area contributed by atoms with Gasteiger partial charge in [0.25, 0.3) is 5.88 Å². The summed E-state index contributed by atoms with van der Waals surface area (Å²) >= 11 is 0. The maximum atomic E-state index is 12.6. The highest BCUT2D eigenvalue weighted by Crippen LogP contribution is 2.31. The van der Waals surface area contributed by atoms with Crippen molar-refractivity contribution in [3.63, 3.8) is 0 Å². The lowest BCUT2D eigenvalue weighted by molar-refractivity contribution is -0.148. The van der Waals surface area contributed by atoms with Crippen LogP contribution in [-0.2, 0) is 23.2 Å². The van der Waals surface area contributed by atoms with Gasteiger partial charge in [0.05, 0.1) is 5.41 Å². The molecule has 1 atom stereocenters. The summed E-state index contributed by atoms with van der Waals surface area (Å²) in [7, 11) is 1.64. The van der Waals surface area contributed by atoms with Gasteiger partial charge in [-0.3, -0.25) is 4.79 Å². The SMILES string of the molecule is Cn1ncc(OC(=O)C2(C)CCCN(C(=O)OCc3ccccc3)C2)n1. The van der Waals surface area contributed by atoms with E-state index >= 15 is 0 Å². The van der Waals surface area contributed by atoms with Crippen molar-refractivity contribution >= 4 is 12.1 Å². The average molecular weight is 358 g/mol. The van der Waals surface area contributed by atoms with Crippen LogP contribution in [0, 0.1) is 5.41 Å². The Hall–Kier alpha value is -2.90. The monoisotopic (exact) mass is 358 g/mol. The zero-order valence-corrected chi connectivity index (χ0v) is 14.9. The van der Waals surface area contributed by atoms with Gasteiger partial charge in [-0.25, -0.2) is 4.79 Å². The van der Waals surface area contributed by atoms with E-state index in [1.807, 2.05) is 30.3 Å². The molecule has 138 valence electrons. The summed E-state index contributed by atoms with van der Waals surface area (Å²) in [4.78, 5) is 27.8. The maximum Gasteiger partial charge on any atom is 0.410 e. The predicted molar refractivity (Wildman–Crippen MR) is 92.2 cm³/mol. The Labute approximate surface area is 151 Å². The molecule has 26 heavy (non-hydrogen) atoms. The molecule has 0 radical (unpaired) electrons. The summed E-state index contributed by atoms with van der Waals surface area (Å²) < 4.78 is 10.7. The predicted octanol–water partition coefficient (Wildman–Crippen LogP) is 2.16. The van der Waals surface area contributed by atoms with Crippen LogP contribution in [0.25, 0.3) is 0 Å². The normalized spacial score (nSPS) is 19.8. The molecule has 0 aliphatic carbocycles. The van der Waals surface area contributed by atoms with E-state index in [-0.39, 0.29) is 19.0 Å². The standard InChI is InChI=1S/C18H22N4O4/c1-18(16(23)26-15-11-19-21(2)20-15)9-6-10-22(13-18)17(24)25-12-14-7-4-3-5-8-14/h3-5,7-8,11H,6,9-10,12-13H2,1-2H3. The first-order chi connectivity index (χ1) is 12.5. The number of likely N-dealkylation sites (tertiary alicyclic amines) is 1. The van der Waals surface area contributed by atoms with Gasteiger partial charge in [0.1, 0.15) is 12.8 Å². The van der Waals surface area contributed by atoms with E-state index in [4.69, 9.17) is 9.47 Å². The van der Waals surface area contributed by atoms with E-state index in [1.54, 1.807) is 18.9 Å². The summed E-state index contributed by atoms with van der Waals surface area (Å²) in [6.45, 7) is 2.81. The van der Waals surface area contributed by atoms with Crippen LogP contribution in [0.15, 0.2) is 36.5 Å². The quantitative estimate of drug-likeness (QED) is 0.779. The number of benzene rings is 1. The fourth-order valence-electron chi connectivity index (χ4n) is 2.96. The van der Waals surface area contributed by atoms with E-state index in [0.29, 0.717) is 19.4 Å². The number of hydrogen-bond donors (Lipinski definition) is 0. The van der Waals surface area contributed by atoms with Gasteiger partial charge in [0, 0.05) is 20.1 Å². The topological polar surface area (TPSA) is 86.6 Å². The molecule has 1 aromatic heterocycles. The third kappa shape index (κ3) is 4.19. The number of carbonyl (C=O) groups excluding carboxylic acids is 2. The molecule has 8 heteroatoms. The molecule has 1 fully saturated rings. The molecule has 0 spiro atoms. The smallest absolute Gasteiger partial charge is 0.410 e. The number of amides is 1. The van der Waals surface area contributed by atoms with Gasteiger partial charge in [0.15, 0.2) is 0 Å². The zero-order chi connectivity index (χ0) is 18.6. The maximum absolute atomic E-state index is 12.6. The van der Waals surface area contributed by atoms with E-state index in [9.17, 15) is 9.59 Å². The van der Waals surface area contributed by atoms with Gasteiger partial charge < -0.3 is 14.4 Å². The number of carbonyl (C=O) groups is 2. The van der Waals surface area contributed by atoms with Crippen molar-refractivity contribution < 1.29 is 19.1 Å². The molecule has 0 bridgehead atoms. The minimum Gasteiger partial charge on any atom is -0.445 e. The van der Waals surface area contributed by atoms with E-state index in [1.165, 1.54) is 11.0 Å². The van der Waals surface area contributed by atoms with E-state index in [2.05, 4.69) is 10.2 Å².